The Morgan fingerprint density at radius 2 is 1.88 bits per heavy atom. The van der Waals surface area contributed by atoms with Gasteiger partial charge in [0.25, 0.3) is 0 Å². The lowest BCUT2D eigenvalue weighted by Gasteiger charge is -2.19. The third-order valence-corrected chi connectivity index (χ3v) is 2.92. The van der Waals surface area contributed by atoms with Crippen molar-refractivity contribution in [3.05, 3.63) is 29.2 Å². The summed E-state index contributed by atoms with van der Waals surface area (Å²) in [5, 5.41) is 3.89. The zero-order valence-corrected chi connectivity index (χ0v) is 11.3. The summed E-state index contributed by atoms with van der Waals surface area (Å²) in [5.41, 5.74) is -0.0880. The molecule has 1 aliphatic rings. The van der Waals surface area contributed by atoms with Crippen LogP contribution in [0.1, 0.15) is 39.4 Å². The number of hydrogen-bond donors (Lipinski definition) is 1. The minimum atomic E-state index is -0.0880. The van der Waals surface area contributed by atoms with Crippen LogP contribution in [0.2, 0.25) is 5.15 Å². The summed E-state index contributed by atoms with van der Waals surface area (Å²) in [6.07, 6.45) is 6.47. The second-order valence-electron chi connectivity index (χ2n) is 5.43. The van der Waals surface area contributed by atoms with E-state index >= 15 is 0 Å². The number of nitrogens with one attached hydrogen (secondary N) is 1. The van der Waals surface area contributed by atoms with Gasteiger partial charge in [0.2, 0.25) is 0 Å². The fourth-order valence-electron chi connectivity index (χ4n) is 1.77. The van der Waals surface area contributed by atoms with Crippen molar-refractivity contribution >= 4 is 17.4 Å². The number of hydrogen-bond acceptors (Lipinski definition) is 3. The summed E-state index contributed by atoms with van der Waals surface area (Å²) >= 11 is 6.03. The molecule has 1 aliphatic carbocycles. The van der Waals surface area contributed by atoms with Crippen molar-refractivity contribution in [1.29, 1.82) is 0 Å². The molecule has 2 rings (SSSR count). The van der Waals surface area contributed by atoms with Gasteiger partial charge in [0, 0.05) is 17.5 Å². The molecule has 0 spiro atoms. The van der Waals surface area contributed by atoms with Gasteiger partial charge in [0.1, 0.15) is 16.8 Å². The van der Waals surface area contributed by atoms with Crippen LogP contribution in [0.4, 0.5) is 5.82 Å². The molecule has 0 saturated carbocycles. The highest BCUT2D eigenvalue weighted by Crippen LogP contribution is 2.23. The minimum Gasteiger partial charge on any atom is -0.367 e. The van der Waals surface area contributed by atoms with Gasteiger partial charge in [-0.05, 0) is 12.8 Å². The number of aromatic nitrogens is 2. The monoisotopic (exact) mass is 251 g/mol. The molecule has 1 heterocycles. The highest BCUT2D eigenvalue weighted by atomic mass is 35.5. The maximum atomic E-state index is 6.03. The van der Waals surface area contributed by atoms with Crippen molar-refractivity contribution in [2.24, 2.45) is 0 Å². The molecule has 1 N–H and O–H groups in total. The van der Waals surface area contributed by atoms with E-state index in [0.29, 0.717) is 11.2 Å². The van der Waals surface area contributed by atoms with Crippen LogP contribution in [0.3, 0.4) is 0 Å². The Labute approximate surface area is 107 Å². The van der Waals surface area contributed by atoms with E-state index in [1.807, 2.05) is 0 Å². The Hall–Kier alpha value is -1.09. The lowest BCUT2D eigenvalue weighted by Crippen LogP contribution is -2.20. The Morgan fingerprint density at radius 3 is 2.47 bits per heavy atom. The van der Waals surface area contributed by atoms with Crippen LogP contribution < -0.4 is 5.32 Å². The average molecular weight is 252 g/mol. The molecule has 0 radical (unpaired) electrons. The van der Waals surface area contributed by atoms with Gasteiger partial charge in [0.15, 0.2) is 0 Å². The topological polar surface area (TPSA) is 37.8 Å². The fourth-order valence-corrected chi connectivity index (χ4v) is 1.95. The molecule has 0 bridgehead atoms. The van der Waals surface area contributed by atoms with Gasteiger partial charge in [-0.2, -0.15) is 0 Å². The molecule has 1 aromatic heterocycles. The number of anilines is 1. The van der Waals surface area contributed by atoms with E-state index < -0.39 is 0 Å². The van der Waals surface area contributed by atoms with E-state index in [1.54, 1.807) is 6.07 Å². The first-order valence-corrected chi connectivity index (χ1v) is 6.29. The summed E-state index contributed by atoms with van der Waals surface area (Å²) < 4.78 is 0. The maximum Gasteiger partial charge on any atom is 0.137 e. The fraction of sp³-hybridized carbons (Fsp3) is 0.538. The molecule has 0 saturated heterocycles. The molecule has 4 heteroatoms. The number of nitrogens with zero attached hydrogens (tertiary/aromatic N) is 2. The normalized spacial score (nSPS) is 16.5. The van der Waals surface area contributed by atoms with E-state index in [-0.39, 0.29) is 5.41 Å². The van der Waals surface area contributed by atoms with E-state index in [1.165, 1.54) is 0 Å². The van der Waals surface area contributed by atoms with Gasteiger partial charge in [-0.25, -0.2) is 9.97 Å². The molecule has 0 amide bonds. The lowest BCUT2D eigenvalue weighted by molar-refractivity contribution is 0.545. The molecule has 0 unspecified atom stereocenters. The summed E-state index contributed by atoms with van der Waals surface area (Å²) in [4.78, 5) is 8.81. The highest BCUT2D eigenvalue weighted by Gasteiger charge is 2.19. The van der Waals surface area contributed by atoms with Crippen LogP contribution in [-0.2, 0) is 5.41 Å². The van der Waals surface area contributed by atoms with E-state index in [9.17, 15) is 0 Å². The predicted molar refractivity (Wildman–Crippen MR) is 71.5 cm³/mol. The standard InChI is InChI=1S/C13H18ClN3/c1-13(2,3)12-16-10(14)8-11(17-12)15-9-6-4-5-7-9/h4-5,8-9H,6-7H2,1-3H3,(H,15,16,17). The van der Waals surface area contributed by atoms with Gasteiger partial charge in [-0.3, -0.25) is 0 Å². The smallest absolute Gasteiger partial charge is 0.137 e. The first kappa shape index (κ1) is 12.4. The first-order chi connectivity index (χ1) is 7.95. The second kappa shape index (κ2) is 4.65. The van der Waals surface area contributed by atoms with Gasteiger partial charge in [0.05, 0.1) is 0 Å². The highest BCUT2D eigenvalue weighted by molar-refractivity contribution is 6.29. The third kappa shape index (κ3) is 3.19. The van der Waals surface area contributed by atoms with Crippen LogP contribution in [-0.4, -0.2) is 16.0 Å². The molecular weight excluding hydrogens is 234 g/mol. The van der Waals surface area contributed by atoms with Crippen LogP contribution in [0.5, 0.6) is 0 Å². The van der Waals surface area contributed by atoms with Gasteiger partial charge in [-0.15, -0.1) is 0 Å². The molecule has 17 heavy (non-hydrogen) atoms. The van der Waals surface area contributed by atoms with Crippen molar-refractivity contribution in [3.63, 3.8) is 0 Å². The predicted octanol–water partition coefficient (Wildman–Crippen LogP) is 3.56. The van der Waals surface area contributed by atoms with Gasteiger partial charge in [-0.1, -0.05) is 44.5 Å². The molecule has 0 fully saturated rings. The minimum absolute atomic E-state index is 0.0880. The largest absolute Gasteiger partial charge is 0.367 e. The van der Waals surface area contributed by atoms with Gasteiger partial charge >= 0.3 is 0 Å². The summed E-state index contributed by atoms with van der Waals surface area (Å²) in [6, 6.07) is 2.23. The van der Waals surface area contributed by atoms with Crippen molar-refractivity contribution < 1.29 is 0 Å². The molecule has 3 nitrogen and oxygen atoms in total. The molecule has 0 aromatic carbocycles. The summed E-state index contributed by atoms with van der Waals surface area (Å²) in [5.74, 6) is 1.60. The Morgan fingerprint density at radius 1 is 1.24 bits per heavy atom. The third-order valence-electron chi connectivity index (χ3n) is 2.73. The van der Waals surface area contributed by atoms with Crippen LogP contribution >= 0.6 is 11.6 Å². The SMILES string of the molecule is CC(C)(C)c1nc(Cl)cc(NC2CC=CC2)n1. The second-order valence-corrected chi connectivity index (χ2v) is 5.82. The Bertz CT molecular complexity index is 427. The maximum absolute atomic E-state index is 6.03. The lowest BCUT2D eigenvalue weighted by atomic mass is 9.96. The summed E-state index contributed by atoms with van der Waals surface area (Å²) in [6.45, 7) is 6.25. The van der Waals surface area contributed by atoms with Crippen LogP contribution in [0.25, 0.3) is 0 Å². The van der Waals surface area contributed by atoms with E-state index in [2.05, 4.69) is 48.2 Å². The quantitative estimate of drug-likeness (QED) is 0.645. The van der Waals surface area contributed by atoms with Crippen molar-refractivity contribution in [1.82, 2.24) is 9.97 Å². The van der Waals surface area contributed by atoms with E-state index in [4.69, 9.17) is 11.6 Å². The summed E-state index contributed by atoms with van der Waals surface area (Å²) in [7, 11) is 0. The van der Waals surface area contributed by atoms with Gasteiger partial charge < -0.3 is 5.32 Å². The van der Waals surface area contributed by atoms with Crippen LogP contribution in [0.15, 0.2) is 18.2 Å². The number of halogens is 1. The number of rotatable bonds is 2. The molecule has 0 aliphatic heterocycles. The molecule has 1 aromatic rings. The molecular formula is C13H18ClN3. The zero-order chi connectivity index (χ0) is 12.5. The van der Waals surface area contributed by atoms with Crippen molar-refractivity contribution in [2.75, 3.05) is 5.32 Å². The van der Waals surface area contributed by atoms with Crippen molar-refractivity contribution in [2.45, 2.75) is 45.1 Å². The average Bonchev–Trinajstić information content (AvgIpc) is 2.68. The van der Waals surface area contributed by atoms with Crippen molar-refractivity contribution in [3.8, 4) is 0 Å². The Kier molecular flexibility index (Phi) is 3.38. The molecule has 92 valence electrons. The van der Waals surface area contributed by atoms with Crippen LogP contribution in [0, 0.1) is 0 Å². The first-order valence-electron chi connectivity index (χ1n) is 5.92. The molecule has 0 atom stereocenters. The Balaban J connectivity index is 2.19. The van der Waals surface area contributed by atoms with E-state index in [0.717, 1.165) is 24.5 Å². The zero-order valence-electron chi connectivity index (χ0n) is 10.5.